The number of aromatic nitrogens is 4. The minimum Gasteiger partial charge on any atom is -0.369 e. The van der Waals surface area contributed by atoms with E-state index >= 15 is 0 Å². The van der Waals surface area contributed by atoms with E-state index < -0.39 is 0 Å². The first-order valence-corrected chi connectivity index (χ1v) is 9.09. The highest BCUT2D eigenvalue weighted by molar-refractivity contribution is 5.41. The van der Waals surface area contributed by atoms with Crippen LogP contribution in [0.15, 0.2) is 18.5 Å². The van der Waals surface area contributed by atoms with Crippen molar-refractivity contribution in [3.8, 4) is 0 Å². The Balaban J connectivity index is 1.48. The van der Waals surface area contributed by atoms with Crippen molar-refractivity contribution in [1.82, 2.24) is 24.6 Å². The van der Waals surface area contributed by atoms with Crippen molar-refractivity contribution in [2.75, 3.05) is 37.7 Å². The van der Waals surface area contributed by atoms with E-state index in [1.807, 2.05) is 24.9 Å². The maximum atomic E-state index is 6.04. The number of morpholine rings is 1. The molecule has 2 aliphatic rings. The number of hydrogen-bond donors (Lipinski definition) is 0. The first-order chi connectivity index (χ1) is 12.2. The average molecular weight is 342 g/mol. The topological polar surface area (TPSA) is 59.3 Å². The smallest absolute Gasteiger partial charge is 0.132 e. The molecule has 7 heteroatoms. The van der Waals surface area contributed by atoms with E-state index in [1.165, 1.54) is 18.4 Å². The molecule has 0 radical (unpaired) electrons. The van der Waals surface area contributed by atoms with Gasteiger partial charge < -0.3 is 9.64 Å². The third kappa shape index (κ3) is 3.82. The number of nitrogens with zero attached hydrogens (tertiary/aromatic N) is 6. The molecule has 2 aliphatic heterocycles. The van der Waals surface area contributed by atoms with E-state index in [2.05, 4.69) is 37.1 Å². The fraction of sp³-hybridized carbons (Fsp3) is 0.611. The Morgan fingerprint density at radius 1 is 1.20 bits per heavy atom. The highest BCUT2D eigenvalue weighted by Crippen LogP contribution is 2.26. The molecule has 4 heterocycles. The van der Waals surface area contributed by atoms with Crippen LogP contribution in [0.3, 0.4) is 0 Å². The van der Waals surface area contributed by atoms with Gasteiger partial charge in [0.1, 0.15) is 17.7 Å². The van der Waals surface area contributed by atoms with Crippen LogP contribution in [0, 0.1) is 6.92 Å². The van der Waals surface area contributed by atoms with Crippen LogP contribution in [0.4, 0.5) is 5.82 Å². The lowest BCUT2D eigenvalue weighted by molar-refractivity contribution is -0.0351. The van der Waals surface area contributed by atoms with Crippen molar-refractivity contribution < 1.29 is 4.74 Å². The van der Waals surface area contributed by atoms with Gasteiger partial charge in [-0.1, -0.05) is 0 Å². The van der Waals surface area contributed by atoms with Gasteiger partial charge >= 0.3 is 0 Å². The normalized spacial score (nSPS) is 21.8. The second kappa shape index (κ2) is 7.09. The number of ether oxygens (including phenoxy) is 1. The van der Waals surface area contributed by atoms with Gasteiger partial charge in [0.15, 0.2) is 0 Å². The monoisotopic (exact) mass is 342 g/mol. The maximum Gasteiger partial charge on any atom is 0.132 e. The summed E-state index contributed by atoms with van der Waals surface area (Å²) >= 11 is 0. The van der Waals surface area contributed by atoms with Crippen molar-refractivity contribution in [3.05, 3.63) is 35.5 Å². The van der Waals surface area contributed by atoms with Crippen LogP contribution in [0.25, 0.3) is 0 Å². The average Bonchev–Trinajstić information content (AvgIpc) is 3.27. The molecule has 0 saturated carbocycles. The van der Waals surface area contributed by atoms with Gasteiger partial charge in [0.05, 0.1) is 18.5 Å². The maximum absolute atomic E-state index is 6.04. The van der Waals surface area contributed by atoms with Crippen molar-refractivity contribution in [2.24, 2.45) is 7.05 Å². The molecule has 0 bridgehead atoms. The van der Waals surface area contributed by atoms with E-state index in [9.17, 15) is 0 Å². The number of rotatable bonds is 4. The zero-order valence-electron chi connectivity index (χ0n) is 15.1. The first-order valence-electron chi connectivity index (χ1n) is 9.09. The zero-order chi connectivity index (χ0) is 17.2. The lowest BCUT2D eigenvalue weighted by Gasteiger charge is -2.32. The number of aryl methyl sites for hydroxylation is 2. The molecular formula is C18H26N6O. The molecular weight excluding hydrogens is 316 g/mol. The molecule has 25 heavy (non-hydrogen) atoms. The van der Waals surface area contributed by atoms with Crippen LogP contribution >= 0.6 is 0 Å². The lowest BCUT2D eigenvalue weighted by atomic mass is 10.1. The summed E-state index contributed by atoms with van der Waals surface area (Å²) in [5.74, 6) is 1.88. The third-order valence-electron chi connectivity index (χ3n) is 4.92. The molecule has 1 atom stereocenters. The van der Waals surface area contributed by atoms with E-state index in [0.29, 0.717) is 0 Å². The van der Waals surface area contributed by atoms with Crippen LogP contribution in [0.5, 0.6) is 0 Å². The van der Waals surface area contributed by atoms with E-state index in [-0.39, 0.29) is 6.10 Å². The molecule has 2 aromatic heterocycles. The Kier molecular flexibility index (Phi) is 4.67. The summed E-state index contributed by atoms with van der Waals surface area (Å²) in [6.45, 7) is 7.57. The van der Waals surface area contributed by atoms with Gasteiger partial charge in [-0.25, -0.2) is 9.97 Å². The third-order valence-corrected chi connectivity index (χ3v) is 4.92. The molecule has 4 rings (SSSR count). The van der Waals surface area contributed by atoms with Crippen LogP contribution in [0.1, 0.15) is 36.0 Å². The standard InChI is InChI=1S/C18H26N6O/c1-14-20-16(9-18(21-14)24-5-3-4-6-24)17-13-23(7-8-25-17)12-15-10-19-22(2)11-15/h9-11,17H,3-8,12-13H2,1-2H3. The second-order valence-corrected chi connectivity index (χ2v) is 7.01. The molecule has 2 fully saturated rings. The van der Waals surface area contributed by atoms with E-state index in [4.69, 9.17) is 4.74 Å². The van der Waals surface area contributed by atoms with E-state index in [0.717, 1.165) is 56.7 Å². The van der Waals surface area contributed by atoms with Crippen molar-refractivity contribution in [3.63, 3.8) is 0 Å². The predicted molar refractivity (Wildman–Crippen MR) is 95.4 cm³/mol. The Morgan fingerprint density at radius 2 is 2.04 bits per heavy atom. The highest BCUT2D eigenvalue weighted by Gasteiger charge is 2.25. The Hall–Kier alpha value is -1.99. The SMILES string of the molecule is Cc1nc(C2CN(Cc3cnn(C)c3)CCO2)cc(N2CCCC2)n1. The summed E-state index contributed by atoms with van der Waals surface area (Å²) in [6.07, 6.45) is 6.51. The summed E-state index contributed by atoms with van der Waals surface area (Å²) in [6, 6.07) is 2.12. The predicted octanol–water partition coefficient (Wildman–Crippen LogP) is 1.69. The van der Waals surface area contributed by atoms with Gasteiger partial charge in [0, 0.05) is 57.6 Å². The lowest BCUT2D eigenvalue weighted by Crippen LogP contribution is -2.38. The molecule has 1 unspecified atom stereocenters. The fourth-order valence-corrected chi connectivity index (χ4v) is 3.68. The van der Waals surface area contributed by atoms with Crippen molar-refractivity contribution in [2.45, 2.75) is 32.4 Å². The molecule has 0 amide bonds. The van der Waals surface area contributed by atoms with Gasteiger partial charge in [-0.2, -0.15) is 5.10 Å². The molecule has 2 aromatic rings. The summed E-state index contributed by atoms with van der Waals surface area (Å²) in [7, 11) is 1.95. The summed E-state index contributed by atoms with van der Waals surface area (Å²) in [5, 5.41) is 4.26. The van der Waals surface area contributed by atoms with Crippen molar-refractivity contribution in [1.29, 1.82) is 0 Å². The van der Waals surface area contributed by atoms with Gasteiger partial charge in [-0.3, -0.25) is 9.58 Å². The van der Waals surface area contributed by atoms with Crippen LogP contribution in [0.2, 0.25) is 0 Å². The Bertz CT molecular complexity index is 724. The first kappa shape index (κ1) is 16.5. The molecule has 0 spiro atoms. The Morgan fingerprint density at radius 3 is 2.80 bits per heavy atom. The molecule has 0 N–H and O–H groups in total. The molecule has 0 aliphatic carbocycles. The van der Waals surface area contributed by atoms with Gasteiger partial charge in [-0.15, -0.1) is 0 Å². The van der Waals surface area contributed by atoms with Gasteiger partial charge in [0.2, 0.25) is 0 Å². The molecule has 2 saturated heterocycles. The quantitative estimate of drug-likeness (QED) is 0.843. The largest absolute Gasteiger partial charge is 0.369 e. The Labute approximate surface area is 148 Å². The summed E-state index contributed by atoms with van der Waals surface area (Å²) in [4.78, 5) is 14.1. The minimum atomic E-state index is 0.00785. The van der Waals surface area contributed by atoms with Crippen LogP contribution < -0.4 is 4.90 Å². The summed E-state index contributed by atoms with van der Waals surface area (Å²) < 4.78 is 7.89. The number of hydrogen-bond acceptors (Lipinski definition) is 6. The van der Waals surface area contributed by atoms with Crippen molar-refractivity contribution >= 4 is 5.82 Å². The zero-order valence-corrected chi connectivity index (χ0v) is 15.1. The van der Waals surface area contributed by atoms with Crippen LogP contribution in [-0.4, -0.2) is 57.4 Å². The fourth-order valence-electron chi connectivity index (χ4n) is 3.68. The van der Waals surface area contributed by atoms with E-state index in [1.54, 1.807) is 0 Å². The van der Waals surface area contributed by atoms with Crippen LogP contribution in [-0.2, 0) is 18.3 Å². The molecule has 134 valence electrons. The van der Waals surface area contributed by atoms with Gasteiger partial charge in [-0.05, 0) is 19.8 Å². The number of anilines is 1. The molecule has 7 nitrogen and oxygen atoms in total. The highest BCUT2D eigenvalue weighted by atomic mass is 16.5. The summed E-state index contributed by atoms with van der Waals surface area (Å²) in [5.41, 5.74) is 2.24. The molecule has 0 aromatic carbocycles. The van der Waals surface area contributed by atoms with Gasteiger partial charge in [0.25, 0.3) is 0 Å². The second-order valence-electron chi connectivity index (χ2n) is 7.01. The minimum absolute atomic E-state index is 0.00785.